The van der Waals surface area contributed by atoms with Gasteiger partial charge in [0.05, 0.1) is 11.9 Å². The minimum atomic E-state index is -0.469. The van der Waals surface area contributed by atoms with Gasteiger partial charge in [0, 0.05) is 17.5 Å². The van der Waals surface area contributed by atoms with E-state index in [1.165, 1.54) is 23.0 Å². The van der Waals surface area contributed by atoms with Gasteiger partial charge in [-0.15, -0.1) is 11.3 Å². The van der Waals surface area contributed by atoms with E-state index in [1.54, 1.807) is 30.3 Å². The van der Waals surface area contributed by atoms with E-state index >= 15 is 0 Å². The van der Waals surface area contributed by atoms with Crippen LogP contribution in [0.4, 0.5) is 0 Å². The third-order valence-electron chi connectivity index (χ3n) is 3.53. The van der Waals surface area contributed by atoms with E-state index in [9.17, 15) is 14.4 Å². The third kappa shape index (κ3) is 2.31. The van der Waals surface area contributed by atoms with Crippen molar-refractivity contribution < 1.29 is 4.79 Å². The third-order valence-corrected chi connectivity index (χ3v) is 4.60. The van der Waals surface area contributed by atoms with E-state index in [0.717, 1.165) is 9.44 Å². The molecular weight excluding hydrogens is 300 g/mol. The molecule has 0 N–H and O–H groups in total. The summed E-state index contributed by atoms with van der Waals surface area (Å²) in [4.78, 5) is 38.4. The van der Waals surface area contributed by atoms with Crippen molar-refractivity contribution in [1.82, 2.24) is 9.13 Å². The van der Waals surface area contributed by atoms with Gasteiger partial charge >= 0.3 is 5.69 Å². The van der Waals surface area contributed by atoms with Gasteiger partial charge in [-0.3, -0.25) is 18.7 Å². The Hall–Kier alpha value is -2.47. The number of carbonyl (C=O) groups excluding carboxylic acids is 1. The summed E-state index contributed by atoms with van der Waals surface area (Å²) in [5.74, 6) is -0.159. The number of fused-ring (bicyclic) bond motifs is 1. The lowest BCUT2D eigenvalue weighted by Gasteiger charge is -2.08. The molecule has 2 heterocycles. The lowest BCUT2D eigenvalue weighted by atomic mass is 10.1. The topological polar surface area (TPSA) is 61.1 Å². The average molecular weight is 314 g/mol. The number of nitrogens with zero attached hydrogens (tertiary/aromatic N) is 2. The lowest BCUT2D eigenvalue weighted by Crippen LogP contribution is -2.38. The summed E-state index contributed by atoms with van der Waals surface area (Å²) in [6.07, 6.45) is 0. The second kappa shape index (κ2) is 5.38. The van der Waals surface area contributed by atoms with Crippen molar-refractivity contribution in [1.29, 1.82) is 0 Å². The largest absolute Gasteiger partial charge is 0.332 e. The van der Waals surface area contributed by atoms with E-state index in [-0.39, 0.29) is 17.9 Å². The highest BCUT2D eigenvalue weighted by molar-refractivity contribution is 7.18. The van der Waals surface area contributed by atoms with Crippen LogP contribution in [0.2, 0.25) is 0 Å². The summed E-state index contributed by atoms with van der Waals surface area (Å²) >= 11 is 1.35. The molecule has 0 saturated carbocycles. The fraction of sp³-hybridized carbons (Fsp3) is 0.188. The molecule has 3 aromatic rings. The molecule has 0 bridgehead atoms. The van der Waals surface area contributed by atoms with E-state index in [2.05, 4.69) is 0 Å². The van der Waals surface area contributed by atoms with Gasteiger partial charge in [0.1, 0.15) is 4.83 Å². The van der Waals surface area contributed by atoms with Crippen LogP contribution in [0.25, 0.3) is 10.2 Å². The van der Waals surface area contributed by atoms with Crippen LogP contribution in [0, 0.1) is 6.92 Å². The van der Waals surface area contributed by atoms with Gasteiger partial charge < -0.3 is 0 Å². The smallest absolute Gasteiger partial charge is 0.292 e. The highest BCUT2D eigenvalue weighted by Gasteiger charge is 2.16. The molecular formula is C16H14N2O3S. The number of carbonyl (C=O) groups is 1. The number of hydrogen-bond acceptors (Lipinski definition) is 4. The Labute approximate surface area is 130 Å². The van der Waals surface area contributed by atoms with Crippen molar-refractivity contribution in [3.63, 3.8) is 0 Å². The number of hydrogen-bond donors (Lipinski definition) is 0. The van der Waals surface area contributed by atoms with Crippen LogP contribution >= 0.6 is 11.3 Å². The predicted octanol–water partition coefficient (Wildman–Crippen LogP) is 1.95. The summed E-state index contributed by atoms with van der Waals surface area (Å²) in [6.45, 7) is 1.80. The molecule has 0 fully saturated rings. The zero-order valence-electron chi connectivity index (χ0n) is 12.2. The number of aromatic nitrogens is 2. The number of aryl methyl sites for hydroxylation is 1. The molecule has 3 rings (SSSR count). The van der Waals surface area contributed by atoms with Crippen molar-refractivity contribution in [3.8, 4) is 0 Å². The number of benzene rings is 1. The Morgan fingerprint density at radius 2 is 1.86 bits per heavy atom. The molecule has 5 nitrogen and oxygen atoms in total. The number of thiophene rings is 1. The van der Waals surface area contributed by atoms with Crippen molar-refractivity contribution >= 4 is 27.3 Å². The maximum absolute atomic E-state index is 12.4. The van der Waals surface area contributed by atoms with Crippen LogP contribution in [0.5, 0.6) is 0 Å². The molecule has 0 spiro atoms. The van der Waals surface area contributed by atoms with Crippen LogP contribution < -0.4 is 11.2 Å². The van der Waals surface area contributed by atoms with Crippen LogP contribution in [0.15, 0.2) is 46.0 Å². The first-order valence-corrected chi connectivity index (χ1v) is 7.59. The van der Waals surface area contributed by atoms with Crippen LogP contribution in [-0.4, -0.2) is 14.9 Å². The molecule has 2 aromatic heterocycles. The van der Waals surface area contributed by atoms with Gasteiger partial charge in [-0.05, 0) is 13.0 Å². The van der Waals surface area contributed by atoms with E-state index in [4.69, 9.17) is 0 Å². The summed E-state index contributed by atoms with van der Waals surface area (Å²) < 4.78 is 2.43. The number of Topliss-reactive ketones (excluding diaryl/α,β-unsaturated/α-hetero) is 1. The molecule has 0 aliphatic carbocycles. The van der Waals surface area contributed by atoms with Gasteiger partial charge in [0.15, 0.2) is 5.78 Å². The molecule has 22 heavy (non-hydrogen) atoms. The van der Waals surface area contributed by atoms with Gasteiger partial charge in [-0.2, -0.15) is 0 Å². The van der Waals surface area contributed by atoms with Crippen molar-refractivity contribution in [2.75, 3.05) is 0 Å². The fourth-order valence-corrected chi connectivity index (χ4v) is 3.38. The number of ketones is 1. The van der Waals surface area contributed by atoms with Crippen molar-refractivity contribution in [2.45, 2.75) is 13.5 Å². The Morgan fingerprint density at radius 3 is 2.55 bits per heavy atom. The lowest BCUT2D eigenvalue weighted by molar-refractivity contribution is 0.0971. The van der Waals surface area contributed by atoms with Gasteiger partial charge in [-0.25, -0.2) is 4.79 Å². The summed E-state index contributed by atoms with van der Waals surface area (Å²) in [6, 6.07) is 10.6. The van der Waals surface area contributed by atoms with Crippen molar-refractivity contribution in [3.05, 3.63) is 67.7 Å². The Kier molecular flexibility index (Phi) is 3.54. The zero-order chi connectivity index (χ0) is 15.9. The Morgan fingerprint density at radius 1 is 1.18 bits per heavy atom. The van der Waals surface area contributed by atoms with E-state index < -0.39 is 5.69 Å². The first-order chi connectivity index (χ1) is 10.5. The molecule has 0 radical (unpaired) electrons. The number of rotatable bonds is 3. The first kappa shape index (κ1) is 14.5. The maximum Gasteiger partial charge on any atom is 0.332 e. The Balaban J connectivity index is 2.17. The van der Waals surface area contributed by atoms with E-state index in [1.807, 2.05) is 13.0 Å². The predicted molar refractivity (Wildman–Crippen MR) is 86.8 cm³/mol. The van der Waals surface area contributed by atoms with Crippen LogP contribution in [-0.2, 0) is 13.6 Å². The first-order valence-electron chi connectivity index (χ1n) is 6.77. The quantitative estimate of drug-likeness (QED) is 0.694. The summed E-state index contributed by atoms with van der Waals surface area (Å²) in [5, 5.41) is 0.477. The molecule has 0 saturated heterocycles. The molecule has 6 heteroatoms. The summed E-state index contributed by atoms with van der Waals surface area (Å²) in [5.41, 5.74) is -0.249. The fourth-order valence-electron chi connectivity index (χ4n) is 2.39. The molecule has 0 aliphatic rings. The second-order valence-corrected chi connectivity index (χ2v) is 6.33. The second-order valence-electron chi connectivity index (χ2n) is 5.10. The van der Waals surface area contributed by atoms with E-state index in [0.29, 0.717) is 15.8 Å². The monoisotopic (exact) mass is 314 g/mol. The minimum absolute atomic E-state index is 0.0760. The Bertz CT molecular complexity index is 980. The minimum Gasteiger partial charge on any atom is -0.292 e. The zero-order valence-corrected chi connectivity index (χ0v) is 13.0. The summed E-state index contributed by atoms with van der Waals surface area (Å²) in [7, 11) is 1.43. The molecule has 1 aromatic carbocycles. The van der Waals surface area contributed by atoms with Gasteiger partial charge in [0.2, 0.25) is 0 Å². The van der Waals surface area contributed by atoms with Crippen molar-refractivity contribution in [2.24, 2.45) is 7.05 Å². The van der Waals surface area contributed by atoms with Gasteiger partial charge in [0.25, 0.3) is 5.56 Å². The average Bonchev–Trinajstić information content (AvgIpc) is 2.92. The molecule has 0 atom stereocenters. The highest BCUT2D eigenvalue weighted by Crippen LogP contribution is 2.21. The normalized spacial score (nSPS) is 11.0. The SMILES string of the molecule is Cc1cc2c(=O)n(C)c(=O)n(CC(=O)c3ccccc3)c2s1. The molecule has 0 aliphatic heterocycles. The van der Waals surface area contributed by atoms with Crippen LogP contribution in [0.3, 0.4) is 0 Å². The molecule has 0 amide bonds. The maximum atomic E-state index is 12.4. The highest BCUT2D eigenvalue weighted by atomic mass is 32.1. The standard InChI is InChI=1S/C16H14N2O3S/c1-10-8-12-14(20)17(2)16(21)18(15(12)22-10)9-13(19)11-6-4-3-5-7-11/h3-8H,9H2,1-2H3. The van der Waals surface area contributed by atoms with Gasteiger partial charge in [-0.1, -0.05) is 30.3 Å². The van der Waals surface area contributed by atoms with Crippen LogP contribution in [0.1, 0.15) is 15.2 Å². The molecule has 0 unspecified atom stereocenters. The molecule has 112 valence electrons.